The number of nitrogens with zero attached hydrogens (tertiary/aromatic N) is 1. The number of aromatic nitrogens is 1. The Morgan fingerprint density at radius 3 is 2.48 bits per heavy atom. The number of anilines is 1. The van der Waals surface area contributed by atoms with Gasteiger partial charge in [0.05, 0.1) is 5.56 Å². The standard InChI is InChI=1S/C18H25N3O.ClH/c1-5-19-12-15-9-7-8-10-17(15)20-18(22)16-11-13(3)21(6-2)14(16)4;/h7-11,19H,5-6,12H2,1-4H3,(H,20,22);1H. The maximum atomic E-state index is 12.6. The summed E-state index contributed by atoms with van der Waals surface area (Å²) in [7, 11) is 0. The molecule has 2 rings (SSSR count). The first kappa shape index (κ1) is 19.3. The van der Waals surface area contributed by atoms with Gasteiger partial charge in [-0.1, -0.05) is 25.1 Å². The minimum atomic E-state index is -0.0447. The number of carbonyl (C=O) groups excluding carboxylic acids is 1. The Hall–Kier alpha value is -1.78. The molecular formula is C18H26ClN3O. The van der Waals surface area contributed by atoms with Crippen LogP contribution in [0.25, 0.3) is 0 Å². The zero-order chi connectivity index (χ0) is 16.1. The minimum Gasteiger partial charge on any atom is -0.349 e. The van der Waals surface area contributed by atoms with E-state index in [0.717, 1.165) is 47.8 Å². The number of hydrogen-bond acceptors (Lipinski definition) is 2. The summed E-state index contributed by atoms with van der Waals surface area (Å²) in [6.45, 7) is 10.7. The first-order chi connectivity index (χ1) is 10.6. The molecule has 4 nitrogen and oxygen atoms in total. The van der Waals surface area contributed by atoms with Crippen LogP contribution < -0.4 is 10.6 Å². The summed E-state index contributed by atoms with van der Waals surface area (Å²) in [4.78, 5) is 12.6. The van der Waals surface area contributed by atoms with Gasteiger partial charge in [-0.15, -0.1) is 12.4 Å². The van der Waals surface area contributed by atoms with Crippen LogP contribution in [0.4, 0.5) is 5.69 Å². The zero-order valence-corrected chi connectivity index (χ0v) is 15.1. The number of amides is 1. The molecule has 5 heteroatoms. The fourth-order valence-electron chi connectivity index (χ4n) is 2.76. The summed E-state index contributed by atoms with van der Waals surface area (Å²) >= 11 is 0. The molecule has 1 aromatic carbocycles. The molecular weight excluding hydrogens is 310 g/mol. The maximum Gasteiger partial charge on any atom is 0.257 e. The molecule has 0 spiro atoms. The van der Waals surface area contributed by atoms with Crippen LogP contribution in [-0.4, -0.2) is 17.0 Å². The molecule has 126 valence electrons. The van der Waals surface area contributed by atoms with Gasteiger partial charge in [-0.25, -0.2) is 0 Å². The highest BCUT2D eigenvalue weighted by Crippen LogP contribution is 2.19. The number of aryl methyl sites for hydroxylation is 1. The van der Waals surface area contributed by atoms with E-state index in [4.69, 9.17) is 0 Å². The minimum absolute atomic E-state index is 0. The van der Waals surface area contributed by atoms with E-state index >= 15 is 0 Å². The van der Waals surface area contributed by atoms with Gasteiger partial charge in [-0.2, -0.15) is 0 Å². The van der Waals surface area contributed by atoms with Gasteiger partial charge < -0.3 is 15.2 Å². The Bertz CT molecular complexity index is 664. The average Bonchev–Trinajstić information content (AvgIpc) is 2.80. The van der Waals surface area contributed by atoms with Crippen LogP contribution in [-0.2, 0) is 13.1 Å². The topological polar surface area (TPSA) is 46.1 Å². The molecule has 0 bridgehead atoms. The molecule has 0 radical (unpaired) electrons. The number of halogens is 1. The first-order valence-electron chi connectivity index (χ1n) is 7.85. The van der Waals surface area contributed by atoms with E-state index in [9.17, 15) is 4.79 Å². The van der Waals surface area contributed by atoms with Crippen molar-refractivity contribution >= 4 is 24.0 Å². The molecule has 0 saturated carbocycles. The van der Waals surface area contributed by atoms with E-state index in [1.165, 1.54) is 0 Å². The van der Waals surface area contributed by atoms with Crippen molar-refractivity contribution in [3.05, 3.63) is 52.8 Å². The second-order valence-electron chi connectivity index (χ2n) is 5.42. The molecule has 1 aromatic heterocycles. The van der Waals surface area contributed by atoms with E-state index in [2.05, 4.69) is 29.0 Å². The molecule has 0 fully saturated rings. The van der Waals surface area contributed by atoms with E-state index in [0.29, 0.717) is 0 Å². The summed E-state index contributed by atoms with van der Waals surface area (Å²) in [6.07, 6.45) is 0. The van der Waals surface area contributed by atoms with Crippen molar-refractivity contribution in [1.82, 2.24) is 9.88 Å². The third kappa shape index (κ3) is 4.36. The Kier molecular flexibility index (Phi) is 7.33. The Morgan fingerprint density at radius 1 is 1.17 bits per heavy atom. The molecule has 1 amide bonds. The second-order valence-corrected chi connectivity index (χ2v) is 5.42. The number of hydrogen-bond donors (Lipinski definition) is 2. The predicted octanol–water partition coefficient (Wildman–Crippen LogP) is 3.91. The number of nitrogens with one attached hydrogen (secondary N) is 2. The van der Waals surface area contributed by atoms with E-state index < -0.39 is 0 Å². The summed E-state index contributed by atoms with van der Waals surface area (Å²) in [5.41, 5.74) is 4.85. The smallest absolute Gasteiger partial charge is 0.257 e. The Balaban J connectivity index is 0.00000264. The lowest BCUT2D eigenvalue weighted by atomic mass is 10.1. The molecule has 2 aromatic rings. The summed E-state index contributed by atoms with van der Waals surface area (Å²) in [6, 6.07) is 9.88. The van der Waals surface area contributed by atoms with Gasteiger partial charge in [0.15, 0.2) is 0 Å². The molecule has 0 aliphatic carbocycles. The maximum absolute atomic E-state index is 12.6. The van der Waals surface area contributed by atoms with E-state index in [1.807, 2.05) is 44.2 Å². The number of carbonyl (C=O) groups is 1. The lowest BCUT2D eigenvalue weighted by Gasteiger charge is -2.11. The van der Waals surface area contributed by atoms with Gasteiger partial charge in [-0.3, -0.25) is 4.79 Å². The number of benzene rings is 1. The van der Waals surface area contributed by atoms with Crippen LogP contribution >= 0.6 is 12.4 Å². The first-order valence-corrected chi connectivity index (χ1v) is 7.85. The average molecular weight is 336 g/mol. The van der Waals surface area contributed by atoms with Crippen molar-refractivity contribution in [2.24, 2.45) is 0 Å². The molecule has 0 aliphatic heterocycles. The van der Waals surface area contributed by atoms with Crippen molar-refractivity contribution in [3.8, 4) is 0 Å². The molecule has 0 saturated heterocycles. The largest absolute Gasteiger partial charge is 0.349 e. The summed E-state index contributed by atoms with van der Waals surface area (Å²) in [5, 5.41) is 6.35. The fraction of sp³-hybridized carbons (Fsp3) is 0.389. The molecule has 0 atom stereocenters. The van der Waals surface area contributed by atoms with Crippen LogP contribution in [0.15, 0.2) is 30.3 Å². The lowest BCUT2D eigenvalue weighted by Crippen LogP contribution is -2.17. The zero-order valence-electron chi connectivity index (χ0n) is 14.3. The van der Waals surface area contributed by atoms with Crippen LogP contribution in [0, 0.1) is 13.8 Å². The molecule has 0 aliphatic rings. The highest BCUT2D eigenvalue weighted by atomic mass is 35.5. The number of rotatable bonds is 6. The van der Waals surface area contributed by atoms with Crippen molar-refractivity contribution in [1.29, 1.82) is 0 Å². The normalized spacial score (nSPS) is 10.3. The van der Waals surface area contributed by atoms with Gasteiger partial charge in [0.1, 0.15) is 0 Å². The van der Waals surface area contributed by atoms with Crippen molar-refractivity contribution in [2.75, 3.05) is 11.9 Å². The molecule has 23 heavy (non-hydrogen) atoms. The van der Waals surface area contributed by atoms with Gasteiger partial charge >= 0.3 is 0 Å². The van der Waals surface area contributed by atoms with Crippen molar-refractivity contribution in [2.45, 2.75) is 40.8 Å². The highest BCUT2D eigenvalue weighted by molar-refractivity contribution is 6.05. The summed E-state index contributed by atoms with van der Waals surface area (Å²) in [5.74, 6) is -0.0447. The molecule has 1 heterocycles. The van der Waals surface area contributed by atoms with Crippen molar-refractivity contribution < 1.29 is 4.79 Å². The van der Waals surface area contributed by atoms with Gasteiger partial charge in [0.2, 0.25) is 0 Å². The third-order valence-corrected chi connectivity index (χ3v) is 3.97. The predicted molar refractivity (Wildman–Crippen MR) is 98.6 cm³/mol. The van der Waals surface area contributed by atoms with Crippen LogP contribution in [0.2, 0.25) is 0 Å². The van der Waals surface area contributed by atoms with Crippen LogP contribution in [0.1, 0.15) is 41.2 Å². The highest BCUT2D eigenvalue weighted by Gasteiger charge is 2.16. The Labute approximate surface area is 144 Å². The van der Waals surface area contributed by atoms with Gasteiger partial charge in [0.25, 0.3) is 5.91 Å². The summed E-state index contributed by atoms with van der Waals surface area (Å²) < 4.78 is 2.15. The molecule has 2 N–H and O–H groups in total. The lowest BCUT2D eigenvalue weighted by molar-refractivity contribution is 0.102. The number of para-hydroxylation sites is 1. The quantitative estimate of drug-likeness (QED) is 0.840. The van der Waals surface area contributed by atoms with Crippen molar-refractivity contribution in [3.63, 3.8) is 0 Å². The van der Waals surface area contributed by atoms with E-state index in [-0.39, 0.29) is 18.3 Å². The third-order valence-electron chi connectivity index (χ3n) is 3.97. The Morgan fingerprint density at radius 2 is 1.87 bits per heavy atom. The monoisotopic (exact) mass is 335 g/mol. The van der Waals surface area contributed by atoms with Crippen LogP contribution in [0.3, 0.4) is 0 Å². The fourth-order valence-corrected chi connectivity index (χ4v) is 2.76. The molecule has 0 unspecified atom stereocenters. The van der Waals surface area contributed by atoms with Gasteiger partial charge in [0, 0.05) is 30.2 Å². The SMILES string of the molecule is CCNCc1ccccc1NC(=O)c1cc(C)n(CC)c1C.Cl. The van der Waals surface area contributed by atoms with Crippen LogP contribution in [0.5, 0.6) is 0 Å². The second kappa shape index (κ2) is 8.75. The van der Waals surface area contributed by atoms with Gasteiger partial charge in [-0.05, 0) is 45.0 Å². The van der Waals surface area contributed by atoms with E-state index in [1.54, 1.807) is 0 Å².